The van der Waals surface area contributed by atoms with Gasteiger partial charge in [-0.05, 0) is 6.07 Å². The number of benzene rings is 1. The van der Waals surface area contributed by atoms with Gasteiger partial charge in [-0.3, -0.25) is 4.79 Å². The molecule has 4 heteroatoms. The van der Waals surface area contributed by atoms with Crippen LogP contribution in [0.5, 0.6) is 5.75 Å². The van der Waals surface area contributed by atoms with E-state index in [1.54, 1.807) is 24.3 Å². The molecular formula is C9H11NO3. The summed E-state index contributed by atoms with van der Waals surface area (Å²) < 4.78 is 4.97. The standard InChI is InChI=1S/C9H11NO3/c1-13-7-5-3-2-4-6(7)8(10)9(11)12/h2-5,8H,10H2,1H3,(H,11,12)/t8-/m1/s1. The first-order chi connectivity index (χ1) is 6.16. The summed E-state index contributed by atoms with van der Waals surface area (Å²) >= 11 is 0. The molecule has 4 nitrogen and oxygen atoms in total. The summed E-state index contributed by atoms with van der Waals surface area (Å²) in [4.78, 5) is 10.6. The first-order valence-corrected chi connectivity index (χ1v) is 3.78. The van der Waals surface area contributed by atoms with E-state index >= 15 is 0 Å². The molecule has 0 bridgehead atoms. The molecule has 1 atom stereocenters. The zero-order valence-corrected chi connectivity index (χ0v) is 7.23. The maximum atomic E-state index is 10.6. The van der Waals surface area contributed by atoms with Gasteiger partial charge >= 0.3 is 5.97 Å². The predicted molar refractivity (Wildman–Crippen MR) is 47.6 cm³/mol. The number of carbonyl (C=O) groups is 1. The molecule has 1 aromatic rings. The van der Waals surface area contributed by atoms with Gasteiger partial charge in [-0.1, -0.05) is 18.2 Å². The normalized spacial score (nSPS) is 12.2. The number of carboxylic acids is 1. The number of hydrogen-bond acceptors (Lipinski definition) is 3. The van der Waals surface area contributed by atoms with Crippen LogP contribution >= 0.6 is 0 Å². The fourth-order valence-electron chi connectivity index (χ4n) is 1.06. The minimum Gasteiger partial charge on any atom is -0.496 e. The van der Waals surface area contributed by atoms with Gasteiger partial charge in [0.25, 0.3) is 0 Å². The predicted octanol–water partition coefficient (Wildman–Crippen LogP) is 0.780. The van der Waals surface area contributed by atoms with Crippen molar-refractivity contribution in [2.24, 2.45) is 5.73 Å². The zero-order valence-electron chi connectivity index (χ0n) is 7.23. The Kier molecular flexibility index (Phi) is 2.87. The van der Waals surface area contributed by atoms with E-state index in [1.165, 1.54) is 7.11 Å². The second-order valence-corrected chi connectivity index (χ2v) is 2.56. The number of rotatable bonds is 3. The first-order valence-electron chi connectivity index (χ1n) is 3.78. The van der Waals surface area contributed by atoms with Crippen molar-refractivity contribution in [1.29, 1.82) is 0 Å². The van der Waals surface area contributed by atoms with Crippen LogP contribution in [-0.2, 0) is 4.79 Å². The van der Waals surface area contributed by atoms with Gasteiger partial charge in [0.05, 0.1) is 7.11 Å². The van der Waals surface area contributed by atoms with E-state index in [4.69, 9.17) is 15.6 Å². The van der Waals surface area contributed by atoms with Gasteiger partial charge in [0, 0.05) is 5.56 Å². The van der Waals surface area contributed by atoms with Crippen LogP contribution in [0.15, 0.2) is 24.3 Å². The number of carboxylic acid groups (broad SMARTS) is 1. The molecule has 0 saturated heterocycles. The fourth-order valence-corrected chi connectivity index (χ4v) is 1.06. The number of ether oxygens (including phenoxy) is 1. The summed E-state index contributed by atoms with van der Waals surface area (Å²) in [6, 6.07) is 5.77. The van der Waals surface area contributed by atoms with Gasteiger partial charge < -0.3 is 15.6 Å². The maximum absolute atomic E-state index is 10.6. The minimum absolute atomic E-state index is 0.484. The van der Waals surface area contributed by atoms with Gasteiger partial charge in [-0.25, -0.2) is 0 Å². The molecule has 0 amide bonds. The van der Waals surface area contributed by atoms with Crippen molar-refractivity contribution in [3.8, 4) is 5.75 Å². The van der Waals surface area contributed by atoms with Gasteiger partial charge in [-0.2, -0.15) is 0 Å². The average Bonchev–Trinajstić information content (AvgIpc) is 2.16. The highest BCUT2D eigenvalue weighted by Gasteiger charge is 2.17. The molecule has 0 radical (unpaired) electrons. The lowest BCUT2D eigenvalue weighted by molar-refractivity contribution is -0.138. The van der Waals surface area contributed by atoms with E-state index < -0.39 is 12.0 Å². The maximum Gasteiger partial charge on any atom is 0.325 e. The van der Waals surface area contributed by atoms with E-state index in [0.29, 0.717) is 11.3 Å². The summed E-state index contributed by atoms with van der Waals surface area (Å²) in [5.74, 6) is -0.568. The SMILES string of the molecule is COc1ccccc1[C@@H](N)C(=O)O. The number of para-hydroxylation sites is 1. The molecule has 0 aliphatic heterocycles. The molecule has 0 heterocycles. The molecular weight excluding hydrogens is 170 g/mol. The highest BCUT2D eigenvalue weighted by atomic mass is 16.5. The van der Waals surface area contributed by atoms with Crippen LogP contribution in [0.1, 0.15) is 11.6 Å². The molecule has 0 fully saturated rings. The third-order valence-corrected chi connectivity index (χ3v) is 1.74. The topological polar surface area (TPSA) is 72.5 Å². The van der Waals surface area contributed by atoms with Crippen LogP contribution in [0.2, 0.25) is 0 Å². The molecule has 1 aromatic carbocycles. The van der Waals surface area contributed by atoms with E-state index in [2.05, 4.69) is 0 Å². The molecule has 3 N–H and O–H groups in total. The monoisotopic (exact) mass is 181 g/mol. The summed E-state index contributed by atoms with van der Waals surface area (Å²) in [5, 5.41) is 8.67. The lowest BCUT2D eigenvalue weighted by Crippen LogP contribution is -2.21. The Morgan fingerprint density at radius 2 is 2.15 bits per heavy atom. The largest absolute Gasteiger partial charge is 0.496 e. The van der Waals surface area contributed by atoms with E-state index in [9.17, 15) is 4.79 Å². The van der Waals surface area contributed by atoms with E-state index in [1.807, 2.05) is 0 Å². The zero-order chi connectivity index (χ0) is 9.84. The summed E-state index contributed by atoms with van der Waals surface area (Å²) in [5.41, 5.74) is 5.92. The molecule has 0 aliphatic carbocycles. The van der Waals surface area contributed by atoms with Crippen molar-refractivity contribution >= 4 is 5.97 Å². The Balaban J connectivity index is 3.05. The highest BCUT2D eigenvalue weighted by molar-refractivity contribution is 5.76. The molecule has 70 valence electrons. The first kappa shape index (κ1) is 9.54. The molecule has 0 aromatic heterocycles. The van der Waals surface area contributed by atoms with E-state index in [0.717, 1.165) is 0 Å². The summed E-state index contributed by atoms with van der Waals surface area (Å²) in [7, 11) is 1.48. The number of hydrogen-bond donors (Lipinski definition) is 2. The average molecular weight is 181 g/mol. The van der Waals surface area contributed by atoms with Crippen molar-refractivity contribution in [2.75, 3.05) is 7.11 Å². The molecule has 0 aliphatic rings. The fraction of sp³-hybridized carbons (Fsp3) is 0.222. The van der Waals surface area contributed by atoms with Crippen LogP contribution < -0.4 is 10.5 Å². The quantitative estimate of drug-likeness (QED) is 0.722. The van der Waals surface area contributed by atoms with Crippen LogP contribution in [0, 0.1) is 0 Å². The molecule has 13 heavy (non-hydrogen) atoms. The summed E-state index contributed by atoms with van der Waals surface area (Å²) in [6.45, 7) is 0. The Labute approximate surface area is 75.9 Å². The van der Waals surface area contributed by atoms with Crippen molar-refractivity contribution in [3.63, 3.8) is 0 Å². The molecule has 0 saturated carbocycles. The van der Waals surface area contributed by atoms with Crippen molar-refractivity contribution in [3.05, 3.63) is 29.8 Å². The Morgan fingerprint density at radius 3 is 2.69 bits per heavy atom. The second kappa shape index (κ2) is 3.91. The van der Waals surface area contributed by atoms with Crippen LogP contribution in [-0.4, -0.2) is 18.2 Å². The third-order valence-electron chi connectivity index (χ3n) is 1.74. The molecule has 1 rings (SSSR count). The summed E-state index contributed by atoms with van der Waals surface area (Å²) in [6.07, 6.45) is 0. The van der Waals surface area contributed by atoms with Crippen molar-refractivity contribution < 1.29 is 14.6 Å². The van der Waals surface area contributed by atoms with Crippen LogP contribution in [0.25, 0.3) is 0 Å². The van der Waals surface area contributed by atoms with Crippen molar-refractivity contribution in [2.45, 2.75) is 6.04 Å². The Bertz CT molecular complexity index is 311. The van der Waals surface area contributed by atoms with Crippen molar-refractivity contribution in [1.82, 2.24) is 0 Å². The van der Waals surface area contributed by atoms with Crippen LogP contribution in [0.3, 0.4) is 0 Å². The van der Waals surface area contributed by atoms with Crippen LogP contribution in [0.4, 0.5) is 0 Å². The lowest BCUT2D eigenvalue weighted by atomic mass is 10.1. The van der Waals surface area contributed by atoms with Gasteiger partial charge in [0.1, 0.15) is 11.8 Å². The smallest absolute Gasteiger partial charge is 0.325 e. The number of nitrogens with two attached hydrogens (primary N) is 1. The van der Waals surface area contributed by atoms with Gasteiger partial charge in [-0.15, -0.1) is 0 Å². The molecule has 0 spiro atoms. The lowest BCUT2D eigenvalue weighted by Gasteiger charge is -2.10. The van der Waals surface area contributed by atoms with Gasteiger partial charge in [0.2, 0.25) is 0 Å². The Hall–Kier alpha value is -1.55. The van der Waals surface area contributed by atoms with Gasteiger partial charge in [0.15, 0.2) is 0 Å². The Morgan fingerprint density at radius 1 is 1.54 bits per heavy atom. The number of methoxy groups -OCH3 is 1. The van der Waals surface area contributed by atoms with E-state index in [-0.39, 0.29) is 0 Å². The second-order valence-electron chi connectivity index (χ2n) is 2.56. The third kappa shape index (κ3) is 1.97. The highest BCUT2D eigenvalue weighted by Crippen LogP contribution is 2.22. The molecule has 0 unspecified atom stereocenters. The minimum atomic E-state index is -1.07. The number of aliphatic carboxylic acids is 1.